The molecule has 0 aliphatic carbocycles. The minimum absolute atomic E-state index is 0.138. The van der Waals surface area contributed by atoms with E-state index in [2.05, 4.69) is 10.3 Å². The summed E-state index contributed by atoms with van der Waals surface area (Å²) in [5, 5.41) is 2.89. The molecule has 0 saturated heterocycles. The molecule has 0 saturated carbocycles. The lowest BCUT2D eigenvalue weighted by Crippen LogP contribution is -2.30. The molecule has 1 amide bonds. The van der Waals surface area contributed by atoms with Gasteiger partial charge in [0.2, 0.25) is 0 Å². The number of hydrogen-bond donors (Lipinski definition) is 1. The Labute approximate surface area is 116 Å². The number of amides is 1. The first kappa shape index (κ1) is 12.5. The van der Waals surface area contributed by atoms with Crippen molar-refractivity contribution in [1.82, 2.24) is 14.9 Å². The van der Waals surface area contributed by atoms with Crippen LogP contribution in [0.15, 0.2) is 36.9 Å². The Balaban J connectivity index is 1.74. The Bertz CT molecular complexity index is 610. The zero-order chi connectivity index (χ0) is 13.9. The quantitative estimate of drug-likeness (QED) is 0.908. The van der Waals surface area contributed by atoms with Gasteiger partial charge in [-0.1, -0.05) is 6.07 Å². The Morgan fingerprint density at radius 2 is 2.15 bits per heavy atom. The SMILES string of the molecule is CC(NC(=O)n1ccnc1)c1ccc2c(c1)OCCO2. The second-order valence-electron chi connectivity index (χ2n) is 4.54. The van der Waals surface area contributed by atoms with Gasteiger partial charge >= 0.3 is 6.03 Å². The third-order valence-corrected chi connectivity index (χ3v) is 3.15. The molecule has 2 heterocycles. The van der Waals surface area contributed by atoms with Crippen LogP contribution in [0.5, 0.6) is 11.5 Å². The smallest absolute Gasteiger partial charge is 0.327 e. The van der Waals surface area contributed by atoms with Crippen LogP contribution in [0.25, 0.3) is 0 Å². The molecule has 2 aromatic rings. The highest BCUT2D eigenvalue weighted by Gasteiger charge is 2.16. The molecular formula is C14H15N3O3. The van der Waals surface area contributed by atoms with Crippen molar-refractivity contribution in [2.75, 3.05) is 13.2 Å². The van der Waals surface area contributed by atoms with E-state index in [0.29, 0.717) is 13.2 Å². The number of nitrogens with one attached hydrogen (secondary N) is 1. The Morgan fingerprint density at radius 1 is 1.35 bits per heavy atom. The minimum atomic E-state index is -0.218. The molecule has 3 rings (SSSR count). The van der Waals surface area contributed by atoms with Crippen LogP contribution < -0.4 is 14.8 Å². The molecule has 1 aromatic heterocycles. The molecule has 0 fully saturated rings. The minimum Gasteiger partial charge on any atom is -0.486 e. The summed E-state index contributed by atoms with van der Waals surface area (Å²) in [5.41, 5.74) is 0.961. The van der Waals surface area contributed by atoms with E-state index in [9.17, 15) is 4.79 Å². The van der Waals surface area contributed by atoms with Crippen LogP contribution in [0.2, 0.25) is 0 Å². The number of nitrogens with zero attached hydrogens (tertiary/aromatic N) is 2. The zero-order valence-corrected chi connectivity index (χ0v) is 11.1. The fourth-order valence-electron chi connectivity index (χ4n) is 2.05. The van der Waals surface area contributed by atoms with Crippen molar-refractivity contribution in [3.05, 3.63) is 42.5 Å². The molecule has 0 bridgehead atoms. The summed E-state index contributed by atoms with van der Waals surface area (Å²) in [6.45, 7) is 3.03. The first-order valence-electron chi connectivity index (χ1n) is 6.42. The summed E-state index contributed by atoms with van der Waals surface area (Å²) in [6, 6.07) is 5.33. The largest absolute Gasteiger partial charge is 0.486 e. The highest BCUT2D eigenvalue weighted by molar-refractivity contribution is 5.76. The van der Waals surface area contributed by atoms with E-state index in [-0.39, 0.29) is 12.1 Å². The van der Waals surface area contributed by atoms with E-state index in [1.54, 1.807) is 12.4 Å². The average molecular weight is 273 g/mol. The van der Waals surface area contributed by atoms with Crippen molar-refractivity contribution in [1.29, 1.82) is 0 Å². The summed E-state index contributed by atoms with van der Waals surface area (Å²) < 4.78 is 12.4. The van der Waals surface area contributed by atoms with Gasteiger partial charge in [0.1, 0.15) is 19.5 Å². The molecule has 1 aromatic carbocycles. The van der Waals surface area contributed by atoms with Crippen molar-refractivity contribution in [3.8, 4) is 11.5 Å². The molecule has 6 nitrogen and oxygen atoms in total. The van der Waals surface area contributed by atoms with Gasteiger partial charge in [-0.05, 0) is 24.6 Å². The Kier molecular flexibility index (Phi) is 3.28. The monoisotopic (exact) mass is 273 g/mol. The van der Waals surface area contributed by atoms with Gasteiger partial charge in [0.05, 0.1) is 6.04 Å². The lowest BCUT2D eigenvalue weighted by molar-refractivity contribution is 0.171. The molecule has 1 N–H and O–H groups in total. The van der Waals surface area contributed by atoms with Crippen LogP contribution in [0, 0.1) is 0 Å². The summed E-state index contributed by atoms with van der Waals surface area (Å²) in [7, 11) is 0. The summed E-state index contributed by atoms with van der Waals surface area (Å²) in [4.78, 5) is 15.8. The van der Waals surface area contributed by atoms with Crippen molar-refractivity contribution >= 4 is 6.03 Å². The predicted octanol–water partition coefficient (Wildman–Crippen LogP) is 1.97. The van der Waals surface area contributed by atoms with Crippen LogP contribution in [-0.2, 0) is 0 Å². The number of carbonyl (C=O) groups is 1. The van der Waals surface area contributed by atoms with Gasteiger partial charge in [0.15, 0.2) is 11.5 Å². The van der Waals surface area contributed by atoms with E-state index in [1.807, 2.05) is 25.1 Å². The highest BCUT2D eigenvalue weighted by Crippen LogP contribution is 2.32. The summed E-state index contributed by atoms with van der Waals surface area (Å²) in [5.74, 6) is 1.46. The van der Waals surface area contributed by atoms with Gasteiger partial charge in [0, 0.05) is 12.4 Å². The number of ether oxygens (including phenoxy) is 2. The number of fused-ring (bicyclic) bond motifs is 1. The van der Waals surface area contributed by atoms with Crippen molar-refractivity contribution in [2.45, 2.75) is 13.0 Å². The highest BCUT2D eigenvalue weighted by atomic mass is 16.6. The molecule has 0 radical (unpaired) electrons. The van der Waals surface area contributed by atoms with Crippen LogP contribution >= 0.6 is 0 Å². The van der Waals surface area contributed by atoms with Gasteiger partial charge < -0.3 is 14.8 Å². The van der Waals surface area contributed by atoms with Crippen LogP contribution in [0.3, 0.4) is 0 Å². The lowest BCUT2D eigenvalue weighted by Gasteiger charge is -2.21. The van der Waals surface area contributed by atoms with E-state index in [0.717, 1.165) is 17.1 Å². The maximum atomic E-state index is 11.9. The third-order valence-electron chi connectivity index (χ3n) is 3.15. The van der Waals surface area contributed by atoms with Crippen LogP contribution in [0.1, 0.15) is 18.5 Å². The lowest BCUT2D eigenvalue weighted by atomic mass is 10.1. The van der Waals surface area contributed by atoms with E-state index in [1.165, 1.54) is 10.9 Å². The molecule has 1 aliphatic heterocycles. The molecule has 1 unspecified atom stereocenters. The van der Waals surface area contributed by atoms with Crippen LogP contribution in [0.4, 0.5) is 4.79 Å². The number of benzene rings is 1. The maximum absolute atomic E-state index is 11.9. The number of imidazole rings is 1. The first-order valence-corrected chi connectivity index (χ1v) is 6.42. The summed E-state index contributed by atoms with van der Waals surface area (Å²) in [6.07, 6.45) is 4.63. The van der Waals surface area contributed by atoms with Gasteiger partial charge in [-0.2, -0.15) is 0 Å². The fraction of sp³-hybridized carbons (Fsp3) is 0.286. The molecule has 1 aliphatic rings. The number of carbonyl (C=O) groups excluding carboxylic acids is 1. The second-order valence-corrected chi connectivity index (χ2v) is 4.54. The Morgan fingerprint density at radius 3 is 2.90 bits per heavy atom. The number of hydrogen-bond acceptors (Lipinski definition) is 4. The van der Waals surface area contributed by atoms with Crippen molar-refractivity contribution in [3.63, 3.8) is 0 Å². The van der Waals surface area contributed by atoms with Gasteiger partial charge in [-0.15, -0.1) is 0 Å². The normalized spacial score (nSPS) is 14.7. The number of rotatable bonds is 2. The maximum Gasteiger partial charge on any atom is 0.327 e. The molecular weight excluding hydrogens is 258 g/mol. The van der Waals surface area contributed by atoms with E-state index in [4.69, 9.17) is 9.47 Å². The summed E-state index contributed by atoms with van der Waals surface area (Å²) >= 11 is 0. The standard InChI is InChI=1S/C14H15N3O3/c1-10(16-14(18)17-5-4-15-9-17)11-2-3-12-13(8-11)20-7-6-19-12/h2-5,8-10H,6-7H2,1H3,(H,16,18). The van der Waals surface area contributed by atoms with Crippen molar-refractivity contribution < 1.29 is 14.3 Å². The Hall–Kier alpha value is -2.50. The zero-order valence-electron chi connectivity index (χ0n) is 11.1. The fourth-order valence-corrected chi connectivity index (χ4v) is 2.05. The van der Waals surface area contributed by atoms with Gasteiger partial charge in [-0.25, -0.2) is 9.78 Å². The van der Waals surface area contributed by atoms with E-state index < -0.39 is 0 Å². The molecule has 104 valence electrons. The van der Waals surface area contributed by atoms with E-state index >= 15 is 0 Å². The van der Waals surface area contributed by atoms with Gasteiger partial charge in [0.25, 0.3) is 0 Å². The average Bonchev–Trinajstić information content (AvgIpc) is 3.01. The van der Waals surface area contributed by atoms with Crippen molar-refractivity contribution in [2.24, 2.45) is 0 Å². The second kappa shape index (κ2) is 5.24. The number of aromatic nitrogens is 2. The first-order chi connectivity index (χ1) is 9.74. The molecule has 0 spiro atoms. The molecule has 1 atom stereocenters. The third kappa shape index (κ3) is 2.45. The van der Waals surface area contributed by atoms with Gasteiger partial charge in [-0.3, -0.25) is 4.57 Å². The molecule has 20 heavy (non-hydrogen) atoms. The van der Waals surface area contributed by atoms with Crippen LogP contribution in [-0.4, -0.2) is 28.8 Å². The topological polar surface area (TPSA) is 65.4 Å². The molecule has 6 heteroatoms. The predicted molar refractivity (Wildman–Crippen MR) is 72.0 cm³/mol.